The number of benzene rings is 1. The number of fused-ring (bicyclic) bond motifs is 1. The number of aryl methyl sites for hydroxylation is 1. The van der Waals surface area contributed by atoms with Crippen LogP contribution in [0.1, 0.15) is 12.5 Å². The van der Waals surface area contributed by atoms with Gasteiger partial charge in [-0.25, -0.2) is 14.3 Å². The van der Waals surface area contributed by atoms with Crippen molar-refractivity contribution in [1.29, 1.82) is 0 Å². The monoisotopic (exact) mass is 323 g/mol. The van der Waals surface area contributed by atoms with Crippen molar-refractivity contribution < 1.29 is 18.3 Å². The largest absolute Gasteiger partial charge is 0.508 e. The third-order valence-corrected chi connectivity index (χ3v) is 3.54. The minimum absolute atomic E-state index is 0.00929. The molecule has 1 aromatic carbocycles. The van der Waals surface area contributed by atoms with E-state index in [0.717, 1.165) is 21.4 Å². The van der Waals surface area contributed by atoms with Gasteiger partial charge >= 0.3 is 11.9 Å². The Balaban J connectivity index is 2.43. The van der Waals surface area contributed by atoms with Gasteiger partial charge in [-0.3, -0.25) is 4.57 Å². The highest BCUT2D eigenvalue weighted by atomic mass is 19.4. The summed E-state index contributed by atoms with van der Waals surface area (Å²) in [6.45, 7) is 1.67. The van der Waals surface area contributed by atoms with Crippen LogP contribution in [-0.4, -0.2) is 19.2 Å². The number of rotatable bonds is 2. The molecule has 5 nitrogen and oxygen atoms in total. The number of alkyl halides is 3. The summed E-state index contributed by atoms with van der Waals surface area (Å²) in [5, 5.41) is 9.33. The number of hydrogen-bond acceptors (Lipinski definition) is 3. The van der Waals surface area contributed by atoms with E-state index in [0.29, 0.717) is 5.69 Å². The molecule has 2 heterocycles. The van der Waals surface area contributed by atoms with Gasteiger partial charge in [0.1, 0.15) is 11.3 Å². The quantitative estimate of drug-likeness (QED) is 0.789. The van der Waals surface area contributed by atoms with Crippen LogP contribution in [0.4, 0.5) is 13.2 Å². The zero-order valence-electron chi connectivity index (χ0n) is 12.0. The number of phenolic OH excluding ortho intramolecular Hbond substituents is 1. The summed E-state index contributed by atoms with van der Waals surface area (Å²) < 4.78 is 41.9. The van der Waals surface area contributed by atoms with Crippen LogP contribution in [0.3, 0.4) is 0 Å². The van der Waals surface area contributed by atoms with Crippen molar-refractivity contribution in [2.24, 2.45) is 0 Å². The van der Waals surface area contributed by atoms with Crippen molar-refractivity contribution in [2.45, 2.75) is 19.6 Å². The molecule has 8 heteroatoms. The summed E-state index contributed by atoms with van der Waals surface area (Å²) in [7, 11) is 0. The van der Waals surface area contributed by atoms with Crippen molar-refractivity contribution in [3.8, 4) is 11.4 Å². The zero-order valence-corrected chi connectivity index (χ0v) is 12.0. The summed E-state index contributed by atoms with van der Waals surface area (Å²) in [5.41, 5.74) is -1.51. The number of aromatic hydroxyl groups is 1. The van der Waals surface area contributed by atoms with E-state index in [-0.39, 0.29) is 23.5 Å². The fourth-order valence-electron chi connectivity index (χ4n) is 2.54. The zero-order chi connectivity index (χ0) is 16.8. The first-order valence-corrected chi connectivity index (χ1v) is 6.81. The molecule has 3 aromatic rings. The maximum atomic E-state index is 13.2. The number of aromatic nitrogens is 3. The molecule has 0 saturated carbocycles. The highest BCUT2D eigenvalue weighted by Crippen LogP contribution is 2.34. The van der Waals surface area contributed by atoms with Crippen LogP contribution in [0, 0.1) is 0 Å². The smallest absolute Gasteiger partial charge is 0.418 e. The molecule has 0 radical (unpaired) electrons. The second kappa shape index (κ2) is 5.15. The van der Waals surface area contributed by atoms with Crippen molar-refractivity contribution in [3.05, 3.63) is 52.6 Å². The van der Waals surface area contributed by atoms with E-state index in [9.17, 15) is 23.1 Å². The first-order chi connectivity index (χ1) is 10.8. The summed E-state index contributed by atoms with van der Waals surface area (Å²) in [6, 6.07) is 6.44. The van der Waals surface area contributed by atoms with Gasteiger partial charge in [0.2, 0.25) is 0 Å². The lowest BCUT2D eigenvalue weighted by molar-refractivity contribution is -0.136. The Hall–Kier alpha value is -2.77. The predicted molar refractivity (Wildman–Crippen MR) is 77.7 cm³/mol. The second-order valence-corrected chi connectivity index (χ2v) is 4.91. The molecule has 0 aliphatic heterocycles. The molecule has 0 atom stereocenters. The number of pyridine rings is 1. The number of imidazole rings is 1. The Morgan fingerprint density at radius 1 is 1.17 bits per heavy atom. The van der Waals surface area contributed by atoms with E-state index in [1.807, 2.05) is 0 Å². The molecule has 1 N–H and O–H groups in total. The highest BCUT2D eigenvalue weighted by molar-refractivity contribution is 5.78. The molecule has 0 amide bonds. The van der Waals surface area contributed by atoms with Crippen molar-refractivity contribution in [3.63, 3.8) is 0 Å². The molecule has 0 aliphatic rings. The average Bonchev–Trinajstić information content (AvgIpc) is 2.78. The SMILES string of the molecule is CCn1c(=O)n(-c2ccc(O)cc2)c2nccc(C(F)(F)F)c21. The molecule has 0 unspecified atom stereocenters. The van der Waals surface area contributed by atoms with Crippen molar-refractivity contribution >= 4 is 11.2 Å². The van der Waals surface area contributed by atoms with Gasteiger partial charge < -0.3 is 5.11 Å². The van der Waals surface area contributed by atoms with Gasteiger partial charge in [0, 0.05) is 12.7 Å². The Bertz CT molecular complexity index is 924. The van der Waals surface area contributed by atoms with E-state index in [1.165, 1.54) is 24.3 Å². The van der Waals surface area contributed by atoms with Gasteiger partial charge in [0.05, 0.1) is 11.3 Å². The normalized spacial score (nSPS) is 12.0. The van der Waals surface area contributed by atoms with E-state index < -0.39 is 17.4 Å². The van der Waals surface area contributed by atoms with Crippen LogP contribution in [0.25, 0.3) is 16.9 Å². The van der Waals surface area contributed by atoms with E-state index in [2.05, 4.69) is 4.98 Å². The molecular formula is C15H12F3N3O2. The average molecular weight is 323 g/mol. The number of nitrogens with zero attached hydrogens (tertiary/aromatic N) is 3. The first-order valence-electron chi connectivity index (χ1n) is 6.81. The van der Waals surface area contributed by atoms with Crippen LogP contribution in [0.15, 0.2) is 41.3 Å². The molecule has 0 saturated heterocycles. The lowest BCUT2D eigenvalue weighted by atomic mass is 10.2. The maximum Gasteiger partial charge on any atom is 0.418 e. The minimum atomic E-state index is -4.59. The first kappa shape index (κ1) is 15.1. The van der Waals surface area contributed by atoms with Crippen LogP contribution in [-0.2, 0) is 12.7 Å². The van der Waals surface area contributed by atoms with Crippen LogP contribution in [0.5, 0.6) is 5.75 Å². The van der Waals surface area contributed by atoms with E-state index in [1.54, 1.807) is 6.92 Å². The Morgan fingerprint density at radius 2 is 1.83 bits per heavy atom. The summed E-state index contributed by atoms with van der Waals surface area (Å²) in [6.07, 6.45) is -3.56. The molecule has 0 fully saturated rings. The minimum Gasteiger partial charge on any atom is -0.508 e. The topological polar surface area (TPSA) is 60.0 Å². The second-order valence-electron chi connectivity index (χ2n) is 4.91. The fraction of sp³-hybridized carbons (Fsp3) is 0.200. The van der Waals surface area contributed by atoms with Gasteiger partial charge in [-0.15, -0.1) is 0 Å². The third kappa shape index (κ3) is 2.36. The van der Waals surface area contributed by atoms with Crippen LogP contribution < -0.4 is 5.69 Å². The summed E-state index contributed by atoms with van der Waals surface area (Å²) in [5.74, 6) is -0.00929. The molecule has 120 valence electrons. The van der Waals surface area contributed by atoms with Crippen LogP contribution >= 0.6 is 0 Å². The molecule has 23 heavy (non-hydrogen) atoms. The Morgan fingerprint density at radius 3 is 2.39 bits per heavy atom. The van der Waals surface area contributed by atoms with E-state index in [4.69, 9.17) is 0 Å². The third-order valence-electron chi connectivity index (χ3n) is 3.54. The molecule has 0 aliphatic carbocycles. The predicted octanol–water partition coefficient (Wildman–Crippen LogP) is 2.93. The lowest BCUT2D eigenvalue weighted by Crippen LogP contribution is -2.23. The van der Waals surface area contributed by atoms with Crippen molar-refractivity contribution in [2.75, 3.05) is 0 Å². The molecule has 3 rings (SSSR count). The van der Waals surface area contributed by atoms with Gasteiger partial charge in [-0.1, -0.05) is 0 Å². The van der Waals surface area contributed by atoms with E-state index >= 15 is 0 Å². The van der Waals surface area contributed by atoms with Gasteiger partial charge in [0.15, 0.2) is 5.65 Å². The summed E-state index contributed by atoms with van der Waals surface area (Å²) in [4.78, 5) is 16.5. The standard InChI is InChI=1S/C15H12F3N3O2/c1-2-20-12-11(15(16,17)18)7-8-19-13(12)21(14(20)23)9-3-5-10(22)6-4-9/h3-8,22H,2H2,1H3. The molecular weight excluding hydrogens is 311 g/mol. The fourth-order valence-corrected chi connectivity index (χ4v) is 2.54. The number of phenols is 1. The van der Waals surface area contributed by atoms with Crippen LogP contribution in [0.2, 0.25) is 0 Å². The number of halogens is 3. The molecule has 0 bridgehead atoms. The Labute approximate surface area is 128 Å². The number of hydrogen-bond donors (Lipinski definition) is 1. The van der Waals surface area contributed by atoms with Gasteiger partial charge in [-0.2, -0.15) is 13.2 Å². The molecule has 2 aromatic heterocycles. The highest BCUT2D eigenvalue weighted by Gasteiger charge is 2.35. The maximum absolute atomic E-state index is 13.2. The lowest BCUT2D eigenvalue weighted by Gasteiger charge is -2.09. The van der Waals surface area contributed by atoms with Gasteiger partial charge in [0.25, 0.3) is 0 Å². The summed E-state index contributed by atoms with van der Waals surface area (Å²) >= 11 is 0. The van der Waals surface area contributed by atoms with Crippen molar-refractivity contribution in [1.82, 2.24) is 14.1 Å². The molecule has 0 spiro atoms. The van der Waals surface area contributed by atoms with Gasteiger partial charge in [-0.05, 0) is 37.3 Å². The Kier molecular flexibility index (Phi) is 3.39.